The Kier molecular flexibility index (Phi) is 4.71. The fourth-order valence-electron chi connectivity index (χ4n) is 2.25. The first-order valence-corrected chi connectivity index (χ1v) is 6.51. The number of benzene rings is 1. The van der Waals surface area contributed by atoms with Crippen molar-refractivity contribution in [3.63, 3.8) is 0 Å². The van der Waals surface area contributed by atoms with Gasteiger partial charge in [0.15, 0.2) is 0 Å². The molecule has 4 nitrogen and oxygen atoms in total. The fourth-order valence-corrected chi connectivity index (χ4v) is 2.25. The minimum atomic E-state index is -0.556. The Morgan fingerprint density at radius 3 is 2.89 bits per heavy atom. The van der Waals surface area contributed by atoms with Gasteiger partial charge in [0.05, 0.1) is 12.7 Å². The van der Waals surface area contributed by atoms with Gasteiger partial charge in [-0.3, -0.25) is 0 Å². The van der Waals surface area contributed by atoms with E-state index in [2.05, 4.69) is 11.9 Å². The normalized spacial score (nSPS) is 12.6. The molecule has 0 bridgehead atoms. The van der Waals surface area contributed by atoms with Crippen LogP contribution in [-0.4, -0.2) is 21.8 Å². The second-order valence-corrected chi connectivity index (χ2v) is 4.48. The van der Waals surface area contributed by atoms with Gasteiger partial charge >= 0.3 is 0 Å². The molecule has 2 rings (SSSR count). The predicted molar refractivity (Wildman–Crippen MR) is 73.7 cm³/mol. The van der Waals surface area contributed by atoms with Crippen molar-refractivity contribution in [1.82, 2.24) is 9.55 Å². The third kappa shape index (κ3) is 3.22. The topological polar surface area (TPSA) is 47.3 Å². The average Bonchev–Trinajstić information content (AvgIpc) is 2.87. The summed E-state index contributed by atoms with van der Waals surface area (Å²) in [5, 5.41) is 10.4. The summed E-state index contributed by atoms with van der Waals surface area (Å²) in [6.07, 6.45) is 3.66. The van der Waals surface area contributed by atoms with Crippen LogP contribution in [0.25, 0.3) is 0 Å². The molecule has 1 aromatic carbocycles. The van der Waals surface area contributed by atoms with E-state index in [-0.39, 0.29) is 0 Å². The smallest absolute Gasteiger partial charge is 0.111 e. The molecule has 1 heterocycles. The molecule has 1 unspecified atom stereocenters. The number of rotatable bonds is 6. The van der Waals surface area contributed by atoms with Gasteiger partial charge in [0.2, 0.25) is 0 Å². The SMILES string of the molecule is CCn1ccnc1CC(O)c1ccccc1COC. The van der Waals surface area contributed by atoms with Gasteiger partial charge in [0.1, 0.15) is 5.82 Å². The van der Waals surface area contributed by atoms with E-state index in [1.807, 2.05) is 35.0 Å². The number of methoxy groups -OCH3 is 1. The van der Waals surface area contributed by atoms with E-state index in [0.717, 1.165) is 23.5 Å². The highest BCUT2D eigenvalue weighted by atomic mass is 16.5. The van der Waals surface area contributed by atoms with Crippen molar-refractivity contribution in [3.8, 4) is 0 Å². The predicted octanol–water partition coefficient (Wildman–Crippen LogP) is 2.33. The third-order valence-corrected chi connectivity index (χ3v) is 3.23. The first-order chi connectivity index (χ1) is 9.26. The van der Waals surface area contributed by atoms with E-state index >= 15 is 0 Å². The quantitative estimate of drug-likeness (QED) is 0.867. The number of ether oxygens (including phenoxy) is 1. The summed E-state index contributed by atoms with van der Waals surface area (Å²) >= 11 is 0. The lowest BCUT2D eigenvalue weighted by molar-refractivity contribution is 0.159. The van der Waals surface area contributed by atoms with Crippen molar-refractivity contribution < 1.29 is 9.84 Å². The minimum Gasteiger partial charge on any atom is -0.388 e. The van der Waals surface area contributed by atoms with E-state index in [0.29, 0.717) is 13.0 Å². The highest BCUT2D eigenvalue weighted by molar-refractivity contribution is 5.29. The van der Waals surface area contributed by atoms with Gasteiger partial charge in [-0.2, -0.15) is 0 Å². The Balaban J connectivity index is 2.18. The van der Waals surface area contributed by atoms with Gasteiger partial charge in [-0.1, -0.05) is 24.3 Å². The number of nitrogens with zero attached hydrogens (tertiary/aromatic N) is 2. The summed E-state index contributed by atoms with van der Waals surface area (Å²) in [5.41, 5.74) is 1.93. The van der Waals surface area contributed by atoms with E-state index in [1.54, 1.807) is 13.3 Å². The Hall–Kier alpha value is -1.65. The number of aryl methyl sites for hydroxylation is 1. The summed E-state index contributed by atoms with van der Waals surface area (Å²) in [7, 11) is 1.66. The highest BCUT2D eigenvalue weighted by Gasteiger charge is 2.15. The summed E-state index contributed by atoms with van der Waals surface area (Å²) in [4.78, 5) is 4.30. The molecule has 0 aliphatic heterocycles. The Bertz CT molecular complexity index is 522. The number of hydrogen-bond acceptors (Lipinski definition) is 3. The molecule has 1 atom stereocenters. The van der Waals surface area contributed by atoms with Gasteiger partial charge in [-0.15, -0.1) is 0 Å². The first-order valence-electron chi connectivity index (χ1n) is 6.51. The number of hydrogen-bond donors (Lipinski definition) is 1. The first kappa shape index (κ1) is 13.8. The lowest BCUT2D eigenvalue weighted by Crippen LogP contribution is -2.10. The van der Waals surface area contributed by atoms with E-state index in [1.165, 1.54) is 0 Å². The molecule has 19 heavy (non-hydrogen) atoms. The van der Waals surface area contributed by atoms with Crippen LogP contribution < -0.4 is 0 Å². The van der Waals surface area contributed by atoms with Gasteiger partial charge in [-0.25, -0.2) is 4.98 Å². The summed E-state index contributed by atoms with van der Waals surface area (Å²) < 4.78 is 7.21. The maximum absolute atomic E-state index is 10.4. The third-order valence-electron chi connectivity index (χ3n) is 3.23. The zero-order chi connectivity index (χ0) is 13.7. The van der Waals surface area contributed by atoms with E-state index in [4.69, 9.17) is 4.74 Å². The number of aliphatic hydroxyl groups is 1. The van der Waals surface area contributed by atoms with Gasteiger partial charge in [0.25, 0.3) is 0 Å². The Labute approximate surface area is 113 Å². The number of imidazole rings is 1. The van der Waals surface area contributed by atoms with Crippen LogP contribution in [0.1, 0.15) is 30.0 Å². The van der Waals surface area contributed by atoms with Crippen molar-refractivity contribution in [2.24, 2.45) is 0 Å². The van der Waals surface area contributed by atoms with Crippen molar-refractivity contribution in [2.75, 3.05) is 7.11 Å². The van der Waals surface area contributed by atoms with Crippen LogP contribution in [0.4, 0.5) is 0 Å². The van der Waals surface area contributed by atoms with Crippen molar-refractivity contribution in [3.05, 3.63) is 53.6 Å². The highest BCUT2D eigenvalue weighted by Crippen LogP contribution is 2.22. The summed E-state index contributed by atoms with van der Waals surface area (Å²) in [5.74, 6) is 0.905. The molecule has 2 aromatic rings. The molecule has 0 saturated carbocycles. The Morgan fingerprint density at radius 1 is 1.37 bits per heavy atom. The standard InChI is InChI=1S/C15H20N2O2/c1-3-17-9-8-16-15(17)10-14(18)13-7-5-4-6-12(13)11-19-2/h4-9,14,18H,3,10-11H2,1-2H3. The molecule has 0 amide bonds. The average molecular weight is 260 g/mol. The molecular formula is C15H20N2O2. The molecule has 1 aromatic heterocycles. The molecule has 0 aliphatic carbocycles. The molecule has 0 fully saturated rings. The van der Waals surface area contributed by atoms with Gasteiger partial charge in [0, 0.05) is 32.5 Å². The van der Waals surface area contributed by atoms with Crippen molar-refractivity contribution in [1.29, 1.82) is 0 Å². The van der Waals surface area contributed by atoms with Gasteiger partial charge < -0.3 is 14.4 Å². The van der Waals surface area contributed by atoms with Crippen LogP contribution >= 0.6 is 0 Å². The Morgan fingerprint density at radius 2 is 2.16 bits per heavy atom. The van der Waals surface area contributed by atoms with E-state index < -0.39 is 6.10 Å². The molecule has 0 aliphatic rings. The lowest BCUT2D eigenvalue weighted by Gasteiger charge is -2.15. The maximum atomic E-state index is 10.4. The molecule has 0 radical (unpaired) electrons. The minimum absolute atomic E-state index is 0.509. The van der Waals surface area contributed by atoms with Crippen LogP contribution in [0.3, 0.4) is 0 Å². The second-order valence-electron chi connectivity index (χ2n) is 4.48. The number of aliphatic hydroxyl groups excluding tert-OH is 1. The van der Waals surface area contributed by atoms with Crippen LogP contribution in [0.5, 0.6) is 0 Å². The molecule has 4 heteroatoms. The molecule has 102 valence electrons. The molecule has 0 saturated heterocycles. The molecule has 0 spiro atoms. The summed E-state index contributed by atoms with van der Waals surface area (Å²) in [6, 6.07) is 7.81. The second kappa shape index (κ2) is 6.50. The van der Waals surface area contributed by atoms with E-state index in [9.17, 15) is 5.11 Å². The van der Waals surface area contributed by atoms with Crippen molar-refractivity contribution in [2.45, 2.75) is 32.6 Å². The van der Waals surface area contributed by atoms with Crippen molar-refractivity contribution >= 4 is 0 Å². The van der Waals surface area contributed by atoms with Gasteiger partial charge in [-0.05, 0) is 18.1 Å². The zero-order valence-corrected chi connectivity index (χ0v) is 11.4. The summed E-state index contributed by atoms with van der Waals surface area (Å²) in [6.45, 7) is 3.44. The van der Waals surface area contributed by atoms with Crippen LogP contribution in [0.15, 0.2) is 36.7 Å². The molecular weight excluding hydrogens is 240 g/mol. The number of aromatic nitrogens is 2. The van der Waals surface area contributed by atoms with Crippen LogP contribution in [0.2, 0.25) is 0 Å². The lowest BCUT2D eigenvalue weighted by atomic mass is 10.0. The largest absolute Gasteiger partial charge is 0.388 e. The molecule has 1 N–H and O–H groups in total. The van der Waals surface area contributed by atoms with Crippen LogP contribution in [-0.2, 0) is 24.3 Å². The maximum Gasteiger partial charge on any atom is 0.111 e. The fraction of sp³-hybridized carbons (Fsp3) is 0.400. The monoisotopic (exact) mass is 260 g/mol. The zero-order valence-electron chi connectivity index (χ0n) is 11.4. The van der Waals surface area contributed by atoms with Crippen LogP contribution in [0, 0.1) is 0 Å².